The van der Waals surface area contributed by atoms with E-state index in [-0.39, 0.29) is 35.4 Å². The van der Waals surface area contributed by atoms with Crippen molar-refractivity contribution in [3.8, 4) is 0 Å². The third kappa shape index (κ3) is 2.69. The van der Waals surface area contributed by atoms with E-state index in [1.807, 2.05) is 0 Å². The number of carbonyl (C=O) groups excluding carboxylic acids is 2. The van der Waals surface area contributed by atoms with Crippen LogP contribution in [0.2, 0.25) is 5.15 Å². The zero-order chi connectivity index (χ0) is 14.9. The van der Waals surface area contributed by atoms with Crippen molar-refractivity contribution in [2.45, 2.75) is 18.9 Å². The summed E-state index contributed by atoms with van der Waals surface area (Å²) in [6.07, 6.45) is 0.446. The first-order chi connectivity index (χ1) is 9.40. The quantitative estimate of drug-likeness (QED) is 0.389. The molecule has 0 aliphatic carbocycles. The van der Waals surface area contributed by atoms with Gasteiger partial charge in [-0.3, -0.25) is 24.6 Å². The fraction of sp³-hybridized carbons (Fsp3) is 0.364. The summed E-state index contributed by atoms with van der Waals surface area (Å²) in [5, 5.41) is 13.7. The summed E-state index contributed by atoms with van der Waals surface area (Å²) in [7, 11) is 1.37. The molecule has 1 aromatic heterocycles. The van der Waals surface area contributed by atoms with Crippen LogP contribution in [0.3, 0.4) is 0 Å². The average Bonchev–Trinajstić information content (AvgIpc) is 2.39. The summed E-state index contributed by atoms with van der Waals surface area (Å²) < 4.78 is 0. The number of halogens is 1. The zero-order valence-corrected chi connectivity index (χ0v) is 11.3. The van der Waals surface area contributed by atoms with Crippen molar-refractivity contribution in [1.82, 2.24) is 9.88 Å². The zero-order valence-electron chi connectivity index (χ0n) is 10.5. The number of amides is 2. The predicted molar refractivity (Wildman–Crippen MR) is 70.3 cm³/mol. The highest BCUT2D eigenvalue weighted by atomic mass is 35.5. The van der Waals surface area contributed by atoms with Crippen LogP contribution in [-0.4, -0.2) is 39.7 Å². The second-order valence-electron chi connectivity index (χ2n) is 4.29. The highest BCUT2D eigenvalue weighted by molar-refractivity contribution is 6.29. The summed E-state index contributed by atoms with van der Waals surface area (Å²) >= 11 is 5.70. The molecule has 2 heterocycles. The van der Waals surface area contributed by atoms with E-state index in [2.05, 4.69) is 10.3 Å². The van der Waals surface area contributed by atoms with Crippen molar-refractivity contribution in [3.05, 3.63) is 27.4 Å². The lowest BCUT2D eigenvalue weighted by Gasteiger charge is -2.28. The van der Waals surface area contributed by atoms with Gasteiger partial charge in [-0.05, 0) is 12.5 Å². The number of likely N-dealkylation sites (tertiary alicyclic amines) is 1. The number of aromatic nitrogens is 1. The maximum absolute atomic E-state index is 11.9. The maximum Gasteiger partial charge on any atom is 0.311 e. The molecule has 1 aromatic rings. The van der Waals surface area contributed by atoms with Crippen molar-refractivity contribution in [3.63, 3.8) is 0 Å². The third-order valence-corrected chi connectivity index (χ3v) is 3.21. The number of nitrogens with one attached hydrogen (secondary N) is 1. The Labute approximate surface area is 118 Å². The SMILES string of the molecule is CN1C(=O)CCC(Nc2nc(Cl)ccc2[N+](=O)[O-])C1=O. The number of hydrogen-bond acceptors (Lipinski definition) is 6. The average molecular weight is 299 g/mol. The Morgan fingerprint density at radius 3 is 2.85 bits per heavy atom. The number of anilines is 1. The smallest absolute Gasteiger partial charge is 0.311 e. The van der Waals surface area contributed by atoms with Crippen molar-refractivity contribution in [2.75, 3.05) is 12.4 Å². The van der Waals surface area contributed by atoms with Crippen LogP contribution in [0.15, 0.2) is 12.1 Å². The number of likely N-dealkylation sites (N-methyl/N-ethyl adjacent to an activating group) is 1. The second kappa shape index (κ2) is 5.41. The highest BCUT2D eigenvalue weighted by Gasteiger charge is 2.33. The number of imide groups is 1. The lowest BCUT2D eigenvalue weighted by molar-refractivity contribution is -0.384. The van der Waals surface area contributed by atoms with Gasteiger partial charge in [0.2, 0.25) is 11.7 Å². The van der Waals surface area contributed by atoms with Gasteiger partial charge in [-0.25, -0.2) is 4.98 Å². The molecule has 1 N–H and O–H groups in total. The fourth-order valence-corrected chi connectivity index (χ4v) is 2.04. The minimum atomic E-state index is -0.734. The van der Waals surface area contributed by atoms with Crippen LogP contribution >= 0.6 is 11.6 Å². The van der Waals surface area contributed by atoms with Gasteiger partial charge in [0.1, 0.15) is 11.2 Å². The molecule has 1 aliphatic heterocycles. The van der Waals surface area contributed by atoms with Crippen LogP contribution in [0.5, 0.6) is 0 Å². The standard InChI is InChI=1S/C11H11ClN4O4/c1-15-9(17)5-2-6(11(15)18)13-10-7(16(19)20)3-4-8(12)14-10/h3-4,6H,2,5H2,1H3,(H,13,14). The summed E-state index contributed by atoms with van der Waals surface area (Å²) in [6, 6.07) is 1.77. The summed E-state index contributed by atoms with van der Waals surface area (Å²) in [5.74, 6) is -0.803. The molecule has 2 rings (SSSR count). The molecule has 1 atom stereocenters. The largest absolute Gasteiger partial charge is 0.353 e. The lowest BCUT2D eigenvalue weighted by Crippen LogP contribution is -2.48. The fourth-order valence-electron chi connectivity index (χ4n) is 1.90. The molecule has 2 amide bonds. The number of pyridine rings is 1. The first kappa shape index (κ1) is 14.2. The molecule has 0 radical (unpaired) electrons. The molecule has 20 heavy (non-hydrogen) atoms. The Hall–Kier alpha value is -2.22. The first-order valence-corrected chi connectivity index (χ1v) is 6.16. The molecule has 1 fully saturated rings. The monoisotopic (exact) mass is 298 g/mol. The number of rotatable bonds is 3. The summed E-state index contributed by atoms with van der Waals surface area (Å²) in [4.78, 5) is 38.4. The van der Waals surface area contributed by atoms with E-state index in [9.17, 15) is 19.7 Å². The number of carbonyl (C=O) groups is 2. The van der Waals surface area contributed by atoms with E-state index < -0.39 is 16.9 Å². The molecular weight excluding hydrogens is 288 g/mol. The van der Waals surface area contributed by atoms with Gasteiger partial charge in [0.15, 0.2) is 0 Å². The number of nitro groups is 1. The van der Waals surface area contributed by atoms with Crippen molar-refractivity contribution in [1.29, 1.82) is 0 Å². The Balaban J connectivity index is 2.26. The molecular formula is C11H11ClN4O4. The van der Waals surface area contributed by atoms with E-state index >= 15 is 0 Å². The summed E-state index contributed by atoms with van der Waals surface area (Å²) in [5.41, 5.74) is -0.276. The number of piperidine rings is 1. The van der Waals surface area contributed by atoms with E-state index in [0.717, 1.165) is 4.90 Å². The second-order valence-corrected chi connectivity index (χ2v) is 4.67. The van der Waals surface area contributed by atoms with E-state index in [0.29, 0.717) is 0 Å². The van der Waals surface area contributed by atoms with Gasteiger partial charge in [0.05, 0.1) is 4.92 Å². The van der Waals surface area contributed by atoms with E-state index in [1.165, 1.54) is 19.2 Å². The van der Waals surface area contributed by atoms with Gasteiger partial charge in [-0.1, -0.05) is 11.6 Å². The van der Waals surface area contributed by atoms with Crippen LogP contribution in [0, 0.1) is 10.1 Å². The van der Waals surface area contributed by atoms with Crippen molar-refractivity contribution < 1.29 is 14.5 Å². The van der Waals surface area contributed by atoms with Crippen LogP contribution in [-0.2, 0) is 9.59 Å². The molecule has 0 spiro atoms. The molecule has 9 heteroatoms. The van der Waals surface area contributed by atoms with Crippen molar-refractivity contribution >= 4 is 34.9 Å². The van der Waals surface area contributed by atoms with Crippen LogP contribution in [0.1, 0.15) is 12.8 Å². The van der Waals surface area contributed by atoms with Crippen LogP contribution in [0.4, 0.5) is 11.5 Å². The Morgan fingerprint density at radius 2 is 2.20 bits per heavy atom. The number of hydrogen-bond donors (Lipinski definition) is 1. The Bertz CT molecular complexity index is 592. The molecule has 1 saturated heterocycles. The molecule has 1 unspecified atom stereocenters. The normalized spacial score (nSPS) is 19.1. The maximum atomic E-state index is 11.9. The van der Waals surface area contributed by atoms with Gasteiger partial charge >= 0.3 is 5.69 Å². The molecule has 0 aromatic carbocycles. The molecule has 0 saturated carbocycles. The Morgan fingerprint density at radius 1 is 1.50 bits per heavy atom. The van der Waals surface area contributed by atoms with Gasteiger partial charge in [0.25, 0.3) is 5.91 Å². The lowest BCUT2D eigenvalue weighted by atomic mass is 10.0. The molecule has 1 aliphatic rings. The molecule has 8 nitrogen and oxygen atoms in total. The first-order valence-electron chi connectivity index (χ1n) is 5.78. The van der Waals surface area contributed by atoms with Crippen LogP contribution < -0.4 is 5.32 Å². The van der Waals surface area contributed by atoms with Gasteiger partial charge in [-0.2, -0.15) is 0 Å². The van der Waals surface area contributed by atoms with E-state index in [1.54, 1.807) is 0 Å². The van der Waals surface area contributed by atoms with Gasteiger partial charge in [0, 0.05) is 19.5 Å². The van der Waals surface area contributed by atoms with Gasteiger partial charge in [-0.15, -0.1) is 0 Å². The third-order valence-electron chi connectivity index (χ3n) is 3.00. The molecule has 106 valence electrons. The number of nitrogens with zero attached hydrogens (tertiary/aromatic N) is 3. The highest BCUT2D eigenvalue weighted by Crippen LogP contribution is 2.26. The summed E-state index contributed by atoms with van der Waals surface area (Å²) in [6.45, 7) is 0. The molecule has 0 bridgehead atoms. The predicted octanol–water partition coefficient (Wildman–Crippen LogP) is 1.20. The Kier molecular flexibility index (Phi) is 3.84. The minimum Gasteiger partial charge on any atom is -0.353 e. The van der Waals surface area contributed by atoms with Crippen LogP contribution in [0.25, 0.3) is 0 Å². The van der Waals surface area contributed by atoms with Gasteiger partial charge < -0.3 is 5.32 Å². The minimum absolute atomic E-state index is 0.0748. The van der Waals surface area contributed by atoms with E-state index in [4.69, 9.17) is 11.6 Å². The van der Waals surface area contributed by atoms with Crippen molar-refractivity contribution in [2.24, 2.45) is 0 Å². The topological polar surface area (TPSA) is 105 Å².